The molecule has 1 fully saturated rings. The Morgan fingerprint density at radius 2 is 2.00 bits per heavy atom. The van der Waals surface area contributed by atoms with Crippen LogP contribution in [0.2, 0.25) is 0 Å². The van der Waals surface area contributed by atoms with E-state index in [1.54, 1.807) is 0 Å². The maximum atomic E-state index is 12.1. The summed E-state index contributed by atoms with van der Waals surface area (Å²) in [6.07, 6.45) is 7.77. The molecule has 0 spiro atoms. The molecule has 0 bridgehead atoms. The first-order chi connectivity index (χ1) is 10.8. The number of alkyl carbamates (subject to hydrolysis) is 1. The van der Waals surface area contributed by atoms with Gasteiger partial charge in [-0.1, -0.05) is 12.8 Å². The highest BCUT2D eigenvalue weighted by atomic mass is 16.6. The summed E-state index contributed by atoms with van der Waals surface area (Å²) in [6.45, 7) is 7.76. The summed E-state index contributed by atoms with van der Waals surface area (Å²) < 4.78 is 7.42. The van der Waals surface area contributed by atoms with Gasteiger partial charge >= 0.3 is 6.09 Å². The summed E-state index contributed by atoms with van der Waals surface area (Å²) in [7, 11) is 2.00. The molecule has 1 heterocycles. The number of amides is 1. The van der Waals surface area contributed by atoms with E-state index >= 15 is 0 Å². The third-order valence-corrected chi connectivity index (χ3v) is 4.18. The second-order valence-corrected chi connectivity index (χ2v) is 7.43. The van der Waals surface area contributed by atoms with Crippen LogP contribution in [0.3, 0.4) is 0 Å². The van der Waals surface area contributed by atoms with Crippen LogP contribution in [0.25, 0.3) is 0 Å². The number of hydrogen-bond donors (Lipinski definition) is 2. The molecule has 0 aromatic carbocycles. The second kappa shape index (κ2) is 7.34. The number of aromatic nitrogens is 2. The van der Waals surface area contributed by atoms with Gasteiger partial charge in [-0.3, -0.25) is 0 Å². The molecule has 23 heavy (non-hydrogen) atoms. The second-order valence-electron chi connectivity index (χ2n) is 7.43. The van der Waals surface area contributed by atoms with Crippen molar-refractivity contribution in [1.29, 1.82) is 0 Å². The van der Waals surface area contributed by atoms with Gasteiger partial charge in [-0.05, 0) is 40.5 Å². The summed E-state index contributed by atoms with van der Waals surface area (Å²) in [5, 5.41) is 6.67. The average molecular weight is 322 g/mol. The molecule has 0 radical (unpaired) electrons. The van der Waals surface area contributed by atoms with Crippen molar-refractivity contribution < 1.29 is 9.53 Å². The van der Waals surface area contributed by atoms with Gasteiger partial charge in [0.05, 0.1) is 6.04 Å². The lowest BCUT2D eigenvalue weighted by molar-refractivity contribution is 0.0477. The number of imidazole rings is 1. The van der Waals surface area contributed by atoms with Crippen molar-refractivity contribution in [2.24, 2.45) is 7.05 Å². The van der Waals surface area contributed by atoms with E-state index in [0.717, 1.165) is 25.1 Å². The number of aryl methyl sites for hydroxylation is 1. The topological polar surface area (TPSA) is 68.2 Å². The first-order valence-electron chi connectivity index (χ1n) is 8.49. The standard InChI is InChI=1S/C17H30N4O2/c1-12(15-18-10-11-21(15)5)19-13-8-6-7-9-14(13)20-16(22)23-17(2,3)4/h10-14,19H,6-9H2,1-5H3,(H,20,22)/t12-,13-,14-/m1/s1. The Kier molecular flexibility index (Phi) is 5.68. The zero-order valence-electron chi connectivity index (χ0n) is 14.9. The predicted octanol–water partition coefficient (Wildman–Crippen LogP) is 2.91. The first kappa shape index (κ1) is 17.8. The fraction of sp³-hybridized carbons (Fsp3) is 0.765. The Morgan fingerprint density at radius 3 is 2.57 bits per heavy atom. The maximum Gasteiger partial charge on any atom is 0.407 e. The van der Waals surface area contributed by atoms with Crippen LogP contribution in [-0.4, -0.2) is 33.3 Å². The molecule has 1 aromatic rings. The van der Waals surface area contributed by atoms with E-state index in [0.29, 0.717) is 0 Å². The van der Waals surface area contributed by atoms with Crippen LogP contribution in [-0.2, 0) is 11.8 Å². The molecule has 1 aliphatic rings. The van der Waals surface area contributed by atoms with Gasteiger partial charge in [0.25, 0.3) is 0 Å². The van der Waals surface area contributed by atoms with E-state index in [4.69, 9.17) is 4.74 Å². The van der Waals surface area contributed by atoms with Gasteiger partial charge in [-0.25, -0.2) is 9.78 Å². The SMILES string of the molecule is C[C@@H](N[C@@H]1CCCC[C@H]1NC(=O)OC(C)(C)C)c1nccn1C. The quantitative estimate of drug-likeness (QED) is 0.894. The van der Waals surface area contributed by atoms with Crippen molar-refractivity contribution in [3.05, 3.63) is 18.2 Å². The summed E-state index contributed by atoms with van der Waals surface area (Å²) in [6, 6.07) is 0.477. The van der Waals surface area contributed by atoms with Crippen LogP contribution in [0.5, 0.6) is 0 Å². The van der Waals surface area contributed by atoms with Crippen molar-refractivity contribution in [2.45, 2.75) is 77.1 Å². The minimum absolute atomic E-state index is 0.0984. The molecule has 130 valence electrons. The molecule has 0 aliphatic heterocycles. The van der Waals surface area contributed by atoms with E-state index in [1.165, 1.54) is 6.42 Å². The van der Waals surface area contributed by atoms with Crippen LogP contribution in [0.4, 0.5) is 4.79 Å². The van der Waals surface area contributed by atoms with E-state index in [2.05, 4.69) is 22.5 Å². The first-order valence-corrected chi connectivity index (χ1v) is 8.49. The van der Waals surface area contributed by atoms with Gasteiger partial charge in [0.15, 0.2) is 0 Å². The van der Waals surface area contributed by atoms with Crippen molar-refractivity contribution in [1.82, 2.24) is 20.2 Å². The normalized spacial score (nSPS) is 23.3. The van der Waals surface area contributed by atoms with E-state index in [-0.39, 0.29) is 24.2 Å². The molecular formula is C17H30N4O2. The molecule has 1 aliphatic carbocycles. The summed E-state index contributed by atoms with van der Waals surface area (Å²) >= 11 is 0. The summed E-state index contributed by atoms with van der Waals surface area (Å²) in [4.78, 5) is 16.5. The number of nitrogens with zero attached hydrogens (tertiary/aromatic N) is 2. The molecule has 6 nitrogen and oxygen atoms in total. The van der Waals surface area contributed by atoms with Gasteiger partial charge in [-0.2, -0.15) is 0 Å². The van der Waals surface area contributed by atoms with Crippen molar-refractivity contribution in [2.75, 3.05) is 0 Å². The molecule has 2 rings (SSSR count). The van der Waals surface area contributed by atoms with Crippen molar-refractivity contribution in [3.63, 3.8) is 0 Å². The number of carbonyl (C=O) groups is 1. The Hall–Kier alpha value is -1.56. The number of ether oxygens (including phenoxy) is 1. The Balaban J connectivity index is 1.95. The molecule has 0 saturated heterocycles. The number of rotatable bonds is 4. The Morgan fingerprint density at radius 1 is 1.35 bits per heavy atom. The zero-order valence-corrected chi connectivity index (χ0v) is 14.9. The largest absolute Gasteiger partial charge is 0.444 e. The Bertz CT molecular complexity index is 521. The molecule has 0 unspecified atom stereocenters. The lowest BCUT2D eigenvalue weighted by Crippen LogP contribution is -2.53. The predicted molar refractivity (Wildman–Crippen MR) is 90.2 cm³/mol. The monoisotopic (exact) mass is 322 g/mol. The third-order valence-electron chi connectivity index (χ3n) is 4.18. The number of hydrogen-bond acceptors (Lipinski definition) is 4. The lowest BCUT2D eigenvalue weighted by Gasteiger charge is -2.35. The molecule has 2 N–H and O–H groups in total. The Labute approximate surface area is 139 Å². The van der Waals surface area contributed by atoms with E-state index in [1.807, 2.05) is 44.8 Å². The molecule has 1 saturated carbocycles. The molecule has 1 aromatic heterocycles. The number of carbonyl (C=O) groups excluding carboxylic acids is 1. The highest BCUT2D eigenvalue weighted by molar-refractivity contribution is 5.68. The zero-order chi connectivity index (χ0) is 17.0. The maximum absolute atomic E-state index is 12.1. The fourth-order valence-electron chi connectivity index (χ4n) is 3.15. The van der Waals surface area contributed by atoms with Gasteiger partial charge in [0.2, 0.25) is 0 Å². The van der Waals surface area contributed by atoms with Crippen LogP contribution < -0.4 is 10.6 Å². The van der Waals surface area contributed by atoms with Crippen molar-refractivity contribution >= 4 is 6.09 Å². The van der Waals surface area contributed by atoms with Crippen molar-refractivity contribution in [3.8, 4) is 0 Å². The van der Waals surface area contributed by atoms with Gasteiger partial charge in [0, 0.05) is 31.5 Å². The van der Waals surface area contributed by atoms with Crippen LogP contribution in [0, 0.1) is 0 Å². The average Bonchev–Trinajstić information content (AvgIpc) is 2.85. The van der Waals surface area contributed by atoms with E-state index < -0.39 is 5.60 Å². The molecular weight excluding hydrogens is 292 g/mol. The van der Waals surface area contributed by atoms with Crippen LogP contribution in [0.15, 0.2) is 12.4 Å². The van der Waals surface area contributed by atoms with Gasteiger partial charge in [0.1, 0.15) is 11.4 Å². The lowest BCUT2D eigenvalue weighted by atomic mass is 9.90. The minimum atomic E-state index is -0.470. The van der Waals surface area contributed by atoms with Crippen LogP contribution >= 0.6 is 0 Å². The molecule has 3 atom stereocenters. The summed E-state index contributed by atoms with van der Waals surface area (Å²) in [5.41, 5.74) is -0.470. The highest BCUT2D eigenvalue weighted by Crippen LogP contribution is 2.22. The molecule has 6 heteroatoms. The minimum Gasteiger partial charge on any atom is -0.444 e. The highest BCUT2D eigenvalue weighted by Gasteiger charge is 2.29. The smallest absolute Gasteiger partial charge is 0.407 e. The summed E-state index contributed by atoms with van der Waals surface area (Å²) in [5.74, 6) is 1.01. The third kappa shape index (κ3) is 5.23. The van der Waals surface area contributed by atoms with Crippen LogP contribution in [0.1, 0.15) is 65.2 Å². The van der Waals surface area contributed by atoms with E-state index in [9.17, 15) is 4.79 Å². The van der Waals surface area contributed by atoms with Gasteiger partial charge in [-0.15, -0.1) is 0 Å². The number of nitrogens with one attached hydrogen (secondary N) is 2. The van der Waals surface area contributed by atoms with Gasteiger partial charge < -0.3 is 19.9 Å². The molecule has 1 amide bonds. The fourth-order valence-corrected chi connectivity index (χ4v) is 3.15.